The zero-order valence-corrected chi connectivity index (χ0v) is 18.5. The summed E-state index contributed by atoms with van der Waals surface area (Å²) in [5.41, 5.74) is 0.879. The third-order valence-electron chi connectivity index (χ3n) is 4.78. The number of fused-ring (bicyclic) bond motifs is 1. The fourth-order valence-electron chi connectivity index (χ4n) is 3.06. The molecule has 1 heterocycles. The minimum absolute atomic E-state index is 0.0701. The Balaban J connectivity index is 1.78. The largest absolute Gasteiger partial charge is 0.496 e. The van der Waals surface area contributed by atoms with Gasteiger partial charge in [-0.15, -0.1) is 0 Å². The Labute approximate surface area is 189 Å². The number of carboxylic acids is 1. The fraction of sp³-hybridized carbons (Fsp3) is 0.261. The summed E-state index contributed by atoms with van der Waals surface area (Å²) in [5.74, 6) is -0.0737. The maximum absolute atomic E-state index is 12.8. The van der Waals surface area contributed by atoms with Gasteiger partial charge in [-0.3, -0.25) is 14.4 Å². The van der Waals surface area contributed by atoms with E-state index >= 15 is 0 Å². The monoisotopic (exact) mass is 457 g/mol. The standard InChI is InChI=1S/C23H23NO9/c1-12(23(27)28)24-21(25)11-32-14-5-6-15-17(9-14)33-20(22(15)26)8-13-7-18(30-3)19(31-4)10-16(13)29-2/h5-10,12H,11H2,1-4H3,(H,24,25)(H,27,28)/b20-8-/t12-/m1/s1. The second-order valence-electron chi connectivity index (χ2n) is 6.96. The summed E-state index contributed by atoms with van der Waals surface area (Å²) in [6, 6.07) is 6.79. The van der Waals surface area contributed by atoms with E-state index in [1.54, 1.807) is 12.1 Å². The van der Waals surface area contributed by atoms with Gasteiger partial charge in [-0.2, -0.15) is 0 Å². The van der Waals surface area contributed by atoms with Gasteiger partial charge in [0, 0.05) is 17.7 Å². The van der Waals surface area contributed by atoms with E-state index < -0.39 is 24.5 Å². The average molecular weight is 457 g/mol. The minimum atomic E-state index is -1.15. The number of Topliss-reactive ketones (excluding diaryl/α,β-unsaturated/α-hetero) is 1. The predicted molar refractivity (Wildman–Crippen MR) is 116 cm³/mol. The Hall–Kier alpha value is -4.21. The van der Waals surface area contributed by atoms with Crippen molar-refractivity contribution in [1.29, 1.82) is 0 Å². The Kier molecular flexibility index (Phi) is 7.07. The molecule has 0 saturated carbocycles. The number of amides is 1. The number of ether oxygens (including phenoxy) is 5. The van der Waals surface area contributed by atoms with Crippen molar-refractivity contribution in [2.24, 2.45) is 0 Å². The van der Waals surface area contributed by atoms with E-state index in [1.807, 2.05) is 0 Å². The second kappa shape index (κ2) is 9.94. The number of aliphatic carboxylic acids is 1. The molecule has 1 aliphatic rings. The molecule has 0 unspecified atom stereocenters. The van der Waals surface area contributed by atoms with Crippen LogP contribution >= 0.6 is 0 Å². The molecule has 33 heavy (non-hydrogen) atoms. The molecule has 0 radical (unpaired) electrons. The summed E-state index contributed by atoms with van der Waals surface area (Å²) in [6.07, 6.45) is 1.53. The topological polar surface area (TPSA) is 130 Å². The molecule has 0 aromatic heterocycles. The van der Waals surface area contributed by atoms with Gasteiger partial charge in [0.2, 0.25) is 5.78 Å². The Morgan fingerprint density at radius 3 is 2.36 bits per heavy atom. The molecule has 10 heteroatoms. The van der Waals surface area contributed by atoms with Crippen LogP contribution in [0.1, 0.15) is 22.8 Å². The highest BCUT2D eigenvalue weighted by atomic mass is 16.5. The van der Waals surface area contributed by atoms with E-state index in [0.717, 1.165) is 0 Å². The molecule has 1 aliphatic heterocycles. The van der Waals surface area contributed by atoms with Crippen LogP contribution in [0.5, 0.6) is 28.7 Å². The molecular formula is C23H23NO9. The summed E-state index contributed by atoms with van der Waals surface area (Å²) in [7, 11) is 4.50. The second-order valence-corrected chi connectivity index (χ2v) is 6.96. The summed E-state index contributed by atoms with van der Waals surface area (Å²) in [6.45, 7) is 0.951. The van der Waals surface area contributed by atoms with Crippen molar-refractivity contribution in [2.75, 3.05) is 27.9 Å². The number of hydrogen-bond donors (Lipinski definition) is 2. The van der Waals surface area contributed by atoms with Gasteiger partial charge in [0.25, 0.3) is 5.91 Å². The van der Waals surface area contributed by atoms with Crippen LogP contribution in [0.15, 0.2) is 36.1 Å². The van der Waals surface area contributed by atoms with Gasteiger partial charge in [0.05, 0.1) is 26.9 Å². The van der Waals surface area contributed by atoms with Gasteiger partial charge in [0.1, 0.15) is 23.3 Å². The van der Waals surface area contributed by atoms with E-state index in [0.29, 0.717) is 28.4 Å². The highest BCUT2D eigenvalue weighted by Gasteiger charge is 2.28. The summed E-state index contributed by atoms with van der Waals surface area (Å²) >= 11 is 0. The van der Waals surface area contributed by atoms with Gasteiger partial charge < -0.3 is 34.1 Å². The SMILES string of the molecule is COc1cc(OC)c(OC)cc1/C=C1\Oc2cc(OCC(=O)N[C@H](C)C(=O)O)ccc2C1=O. The Morgan fingerprint density at radius 2 is 1.73 bits per heavy atom. The zero-order valence-electron chi connectivity index (χ0n) is 18.5. The highest BCUT2D eigenvalue weighted by Crippen LogP contribution is 2.39. The maximum Gasteiger partial charge on any atom is 0.325 e. The van der Waals surface area contributed by atoms with Gasteiger partial charge in [-0.25, -0.2) is 0 Å². The van der Waals surface area contributed by atoms with Gasteiger partial charge >= 0.3 is 5.97 Å². The molecule has 2 aromatic rings. The van der Waals surface area contributed by atoms with Crippen molar-refractivity contribution in [1.82, 2.24) is 5.32 Å². The lowest BCUT2D eigenvalue weighted by molar-refractivity contribution is -0.141. The van der Waals surface area contributed by atoms with Crippen LogP contribution in [0.4, 0.5) is 0 Å². The molecule has 3 rings (SSSR count). The van der Waals surface area contributed by atoms with E-state index in [-0.39, 0.29) is 23.0 Å². The third-order valence-corrected chi connectivity index (χ3v) is 4.78. The van der Waals surface area contributed by atoms with Crippen LogP contribution in [0.3, 0.4) is 0 Å². The lowest BCUT2D eigenvalue weighted by Gasteiger charge is -2.12. The van der Waals surface area contributed by atoms with Crippen LogP contribution in [0.2, 0.25) is 0 Å². The minimum Gasteiger partial charge on any atom is -0.496 e. The number of carboxylic acid groups (broad SMARTS) is 1. The smallest absolute Gasteiger partial charge is 0.325 e. The van der Waals surface area contributed by atoms with Crippen molar-refractivity contribution in [2.45, 2.75) is 13.0 Å². The van der Waals surface area contributed by atoms with Crippen molar-refractivity contribution < 1.29 is 43.2 Å². The first-order valence-electron chi connectivity index (χ1n) is 9.80. The van der Waals surface area contributed by atoms with Gasteiger partial charge in [-0.05, 0) is 31.2 Å². The van der Waals surface area contributed by atoms with Crippen LogP contribution in [-0.2, 0) is 9.59 Å². The van der Waals surface area contributed by atoms with Crippen molar-refractivity contribution in [3.63, 3.8) is 0 Å². The predicted octanol–water partition coefficient (Wildman–Crippen LogP) is 2.30. The molecule has 0 aliphatic carbocycles. The molecule has 1 atom stereocenters. The number of rotatable bonds is 9. The number of carbonyl (C=O) groups is 3. The van der Waals surface area contributed by atoms with Crippen molar-refractivity contribution in [3.8, 4) is 28.7 Å². The third kappa shape index (κ3) is 5.17. The summed E-state index contributed by atoms with van der Waals surface area (Å²) in [4.78, 5) is 35.4. The first kappa shape index (κ1) is 23.5. The number of methoxy groups -OCH3 is 3. The number of ketones is 1. The van der Waals surface area contributed by atoms with E-state index in [2.05, 4.69) is 5.32 Å². The van der Waals surface area contributed by atoms with E-state index in [1.165, 1.54) is 52.5 Å². The van der Waals surface area contributed by atoms with Gasteiger partial charge in [0.15, 0.2) is 23.9 Å². The molecule has 0 bridgehead atoms. The van der Waals surface area contributed by atoms with E-state index in [4.69, 9.17) is 28.8 Å². The van der Waals surface area contributed by atoms with Crippen molar-refractivity contribution in [3.05, 3.63) is 47.2 Å². The Morgan fingerprint density at radius 1 is 1.06 bits per heavy atom. The van der Waals surface area contributed by atoms with Crippen molar-refractivity contribution >= 4 is 23.7 Å². The van der Waals surface area contributed by atoms with Crippen LogP contribution in [0.25, 0.3) is 6.08 Å². The molecule has 10 nitrogen and oxygen atoms in total. The lowest BCUT2D eigenvalue weighted by Crippen LogP contribution is -2.40. The summed E-state index contributed by atoms with van der Waals surface area (Å²) in [5, 5.41) is 11.1. The zero-order chi connectivity index (χ0) is 24.1. The lowest BCUT2D eigenvalue weighted by atomic mass is 10.1. The number of allylic oxidation sites excluding steroid dienone is 1. The van der Waals surface area contributed by atoms with Crippen LogP contribution in [0, 0.1) is 0 Å². The normalized spacial score (nSPS) is 14.2. The molecule has 2 N–H and O–H groups in total. The first-order valence-corrected chi connectivity index (χ1v) is 9.80. The molecule has 0 saturated heterocycles. The Bertz CT molecular complexity index is 1120. The average Bonchev–Trinajstić information content (AvgIpc) is 3.11. The summed E-state index contributed by atoms with van der Waals surface area (Å²) < 4.78 is 27.1. The number of nitrogens with one attached hydrogen (secondary N) is 1. The molecule has 2 aromatic carbocycles. The number of benzene rings is 2. The van der Waals surface area contributed by atoms with Gasteiger partial charge in [-0.1, -0.05) is 0 Å². The number of carbonyl (C=O) groups excluding carboxylic acids is 2. The van der Waals surface area contributed by atoms with E-state index in [9.17, 15) is 14.4 Å². The fourth-order valence-corrected chi connectivity index (χ4v) is 3.06. The maximum atomic E-state index is 12.8. The molecular weight excluding hydrogens is 434 g/mol. The van der Waals surface area contributed by atoms with Crippen LogP contribution < -0.4 is 29.0 Å². The molecule has 0 spiro atoms. The first-order chi connectivity index (χ1) is 15.8. The molecule has 0 fully saturated rings. The quantitative estimate of drug-likeness (QED) is 0.545. The number of hydrogen-bond acceptors (Lipinski definition) is 8. The highest BCUT2D eigenvalue weighted by molar-refractivity contribution is 6.14. The molecule has 174 valence electrons. The van der Waals surface area contributed by atoms with Crippen LogP contribution in [-0.4, -0.2) is 56.7 Å². The molecule has 1 amide bonds.